The average Bonchev–Trinajstić information content (AvgIpc) is 2.28. The highest BCUT2D eigenvalue weighted by Gasteiger charge is 2.20. The van der Waals surface area contributed by atoms with Gasteiger partial charge in [0, 0.05) is 0 Å². The van der Waals surface area contributed by atoms with Crippen molar-refractivity contribution in [1.82, 2.24) is 0 Å². The molecule has 0 atom stereocenters. The van der Waals surface area contributed by atoms with Crippen molar-refractivity contribution in [2.75, 3.05) is 0 Å². The van der Waals surface area contributed by atoms with E-state index in [1.54, 1.807) is 0 Å². The number of rotatable bonds is 1. The van der Waals surface area contributed by atoms with Crippen LogP contribution in [0.1, 0.15) is 31.9 Å². The monoisotopic (exact) mass is 224 g/mol. The molecule has 0 aliphatic carbocycles. The van der Waals surface area contributed by atoms with Crippen LogP contribution < -0.4 is 0 Å². The minimum absolute atomic E-state index is 0.177. The standard InChI is InChI=1S/C17H20/c1-13-9-8-12-15(16(13)17(2,3)4)14-10-6-5-7-11-14/h5-12H,1-4H3. The third-order valence-corrected chi connectivity index (χ3v) is 3.11. The Labute approximate surface area is 104 Å². The molecule has 0 radical (unpaired) electrons. The van der Waals surface area contributed by atoms with Crippen molar-refractivity contribution in [3.05, 3.63) is 59.7 Å². The second kappa shape index (κ2) is 4.37. The number of hydrogen-bond acceptors (Lipinski definition) is 0. The van der Waals surface area contributed by atoms with Crippen LogP contribution in [0.25, 0.3) is 11.1 Å². The Hall–Kier alpha value is -1.56. The van der Waals surface area contributed by atoms with Gasteiger partial charge in [-0.1, -0.05) is 69.3 Å². The van der Waals surface area contributed by atoms with E-state index >= 15 is 0 Å². The van der Waals surface area contributed by atoms with Gasteiger partial charge < -0.3 is 0 Å². The lowest BCUT2D eigenvalue weighted by atomic mass is 9.79. The molecule has 0 aliphatic rings. The fourth-order valence-electron chi connectivity index (χ4n) is 2.52. The van der Waals surface area contributed by atoms with Crippen LogP contribution in [0, 0.1) is 6.92 Å². The van der Waals surface area contributed by atoms with E-state index in [1.807, 2.05) is 0 Å². The van der Waals surface area contributed by atoms with E-state index in [2.05, 4.69) is 76.2 Å². The summed E-state index contributed by atoms with van der Waals surface area (Å²) in [7, 11) is 0. The molecule has 0 saturated heterocycles. The number of hydrogen-bond donors (Lipinski definition) is 0. The molecule has 0 bridgehead atoms. The van der Waals surface area contributed by atoms with Gasteiger partial charge in [0.15, 0.2) is 0 Å². The molecule has 0 N–H and O–H groups in total. The molecule has 2 aromatic carbocycles. The molecule has 0 heterocycles. The normalized spacial score (nSPS) is 11.5. The van der Waals surface area contributed by atoms with E-state index in [0.717, 1.165) is 0 Å². The molecule has 2 rings (SSSR count). The first-order valence-corrected chi connectivity index (χ1v) is 6.15. The molecule has 0 spiro atoms. The molecular weight excluding hydrogens is 204 g/mol. The average molecular weight is 224 g/mol. The van der Waals surface area contributed by atoms with Gasteiger partial charge in [-0.2, -0.15) is 0 Å². The first-order chi connectivity index (χ1) is 8.00. The summed E-state index contributed by atoms with van der Waals surface area (Å²) < 4.78 is 0. The van der Waals surface area contributed by atoms with E-state index < -0.39 is 0 Å². The topological polar surface area (TPSA) is 0 Å². The Bertz CT molecular complexity index is 501. The molecule has 88 valence electrons. The second-order valence-corrected chi connectivity index (χ2v) is 5.61. The molecule has 0 saturated carbocycles. The zero-order valence-electron chi connectivity index (χ0n) is 11.1. The zero-order chi connectivity index (χ0) is 12.5. The molecule has 0 aromatic heterocycles. The molecule has 0 heteroatoms. The predicted molar refractivity (Wildman–Crippen MR) is 75.3 cm³/mol. The summed E-state index contributed by atoms with van der Waals surface area (Å²) in [4.78, 5) is 0. The fourth-order valence-corrected chi connectivity index (χ4v) is 2.52. The number of aryl methyl sites for hydroxylation is 1. The van der Waals surface area contributed by atoms with Crippen LogP contribution in [0.4, 0.5) is 0 Å². The van der Waals surface area contributed by atoms with Gasteiger partial charge in [-0.15, -0.1) is 0 Å². The number of benzene rings is 2. The lowest BCUT2D eigenvalue weighted by molar-refractivity contribution is 0.588. The van der Waals surface area contributed by atoms with Gasteiger partial charge in [-0.05, 0) is 34.6 Å². The summed E-state index contributed by atoms with van der Waals surface area (Å²) in [6.07, 6.45) is 0. The molecule has 0 nitrogen and oxygen atoms in total. The van der Waals surface area contributed by atoms with Gasteiger partial charge in [-0.25, -0.2) is 0 Å². The van der Waals surface area contributed by atoms with Gasteiger partial charge in [0.05, 0.1) is 0 Å². The fraction of sp³-hybridized carbons (Fsp3) is 0.294. The zero-order valence-corrected chi connectivity index (χ0v) is 11.1. The molecule has 17 heavy (non-hydrogen) atoms. The Morgan fingerprint density at radius 2 is 1.41 bits per heavy atom. The third-order valence-electron chi connectivity index (χ3n) is 3.11. The Balaban J connectivity index is 2.67. The van der Waals surface area contributed by atoms with Crippen molar-refractivity contribution in [1.29, 1.82) is 0 Å². The van der Waals surface area contributed by atoms with Gasteiger partial charge in [-0.3, -0.25) is 0 Å². The van der Waals surface area contributed by atoms with Gasteiger partial charge in [0.1, 0.15) is 0 Å². The van der Waals surface area contributed by atoms with E-state index in [0.29, 0.717) is 0 Å². The van der Waals surface area contributed by atoms with Crippen LogP contribution in [0.15, 0.2) is 48.5 Å². The SMILES string of the molecule is Cc1cccc(-c2ccccc2)c1C(C)(C)C. The predicted octanol–water partition coefficient (Wildman–Crippen LogP) is 4.96. The van der Waals surface area contributed by atoms with Crippen LogP contribution in [-0.2, 0) is 5.41 Å². The summed E-state index contributed by atoms with van der Waals surface area (Å²) in [5.41, 5.74) is 5.67. The quantitative estimate of drug-likeness (QED) is 0.642. The van der Waals surface area contributed by atoms with Gasteiger partial charge >= 0.3 is 0 Å². The first-order valence-electron chi connectivity index (χ1n) is 6.15. The third kappa shape index (κ3) is 2.41. The maximum Gasteiger partial charge on any atom is -0.0123 e. The van der Waals surface area contributed by atoms with Crippen LogP contribution in [0.5, 0.6) is 0 Å². The molecule has 0 amide bonds. The highest BCUT2D eigenvalue weighted by Crippen LogP contribution is 2.35. The Morgan fingerprint density at radius 3 is 2.00 bits per heavy atom. The highest BCUT2D eigenvalue weighted by atomic mass is 14.2. The minimum Gasteiger partial charge on any atom is -0.0622 e. The molecule has 0 fully saturated rings. The maximum atomic E-state index is 2.28. The minimum atomic E-state index is 0.177. The largest absolute Gasteiger partial charge is 0.0622 e. The van der Waals surface area contributed by atoms with E-state index in [-0.39, 0.29) is 5.41 Å². The summed E-state index contributed by atoms with van der Waals surface area (Å²) in [6, 6.07) is 17.2. The highest BCUT2D eigenvalue weighted by molar-refractivity contribution is 5.70. The van der Waals surface area contributed by atoms with Gasteiger partial charge in [0.25, 0.3) is 0 Å². The van der Waals surface area contributed by atoms with Crippen molar-refractivity contribution < 1.29 is 0 Å². The van der Waals surface area contributed by atoms with Crippen molar-refractivity contribution in [2.45, 2.75) is 33.1 Å². The first kappa shape index (κ1) is 11.9. The molecule has 0 aliphatic heterocycles. The molecular formula is C17H20. The van der Waals surface area contributed by atoms with E-state index in [4.69, 9.17) is 0 Å². The maximum absolute atomic E-state index is 2.28. The van der Waals surface area contributed by atoms with Crippen LogP contribution in [0.2, 0.25) is 0 Å². The van der Waals surface area contributed by atoms with Crippen LogP contribution in [0.3, 0.4) is 0 Å². The smallest absolute Gasteiger partial charge is 0.0123 e. The second-order valence-electron chi connectivity index (χ2n) is 5.61. The van der Waals surface area contributed by atoms with Crippen molar-refractivity contribution in [3.63, 3.8) is 0 Å². The summed E-state index contributed by atoms with van der Waals surface area (Å²) in [6.45, 7) is 9.04. The Morgan fingerprint density at radius 1 is 0.765 bits per heavy atom. The lowest BCUT2D eigenvalue weighted by Gasteiger charge is -2.25. The van der Waals surface area contributed by atoms with Gasteiger partial charge in [0.2, 0.25) is 0 Å². The summed E-state index contributed by atoms with van der Waals surface area (Å²) >= 11 is 0. The van der Waals surface area contributed by atoms with E-state index in [9.17, 15) is 0 Å². The Kier molecular flexibility index (Phi) is 3.06. The lowest BCUT2D eigenvalue weighted by Crippen LogP contribution is -2.14. The van der Waals surface area contributed by atoms with Crippen molar-refractivity contribution in [2.24, 2.45) is 0 Å². The summed E-state index contributed by atoms with van der Waals surface area (Å²) in [5, 5.41) is 0. The summed E-state index contributed by atoms with van der Waals surface area (Å²) in [5.74, 6) is 0. The molecule has 2 aromatic rings. The van der Waals surface area contributed by atoms with E-state index in [1.165, 1.54) is 22.3 Å². The van der Waals surface area contributed by atoms with Crippen molar-refractivity contribution in [3.8, 4) is 11.1 Å². The van der Waals surface area contributed by atoms with Crippen LogP contribution >= 0.6 is 0 Å². The van der Waals surface area contributed by atoms with Crippen LogP contribution in [-0.4, -0.2) is 0 Å². The molecule has 0 unspecified atom stereocenters. The van der Waals surface area contributed by atoms with Crippen molar-refractivity contribution >= 4 is 0 Å².